The molecule has 0 aliphatic carbocycles. The Kier molecular flexibility index (Phi) is 7.94. The van der Waals surface area contributed by atoms with Gasteiger partial charge in [-0.25, -0.2) is 16.8 Å². The van der Waals surface area contributed by atoms with Gasteiger partial charge in [0.2, 0.25) is 26.0 Å². The van der Waals surface area contributed by atoms with Crippen LogP contribution in [0.5, 0.6) is 0 Å². The van der Waals surface area contributed by atoms with Crippen molar-refractivity contribution in [2.75, 3.05) is 63.6 Å². The molecule has 1 aromatic rings. The Morgan fingerprint density at radius 2 is 1.66 bits per heavy atom. The van der Waals surface area contributed by atoms with Crippen LogP contribution in [0.3, 0.4) is 0 Å². The largest absolute Gasteiger partial charge is 0.379 e. The Bertz CT molecular complexity index is 1030. The van der Waals surface area contributed by atoms with Crippen molar-refractivity contribution in [1.29, 1.82) is 0 Å². The summed E-state index contributed by atoms with van der Waals surface area (Å²) < 4.78 is 58.3. The lowest BCUT2D eigenvalue weighted by atomic mass is 10.2. The Labute approximate surface area is 190 Å². The van der Waals surface area contributed by atoms with Crippen LogP contribution in [0, 0.1) is 6.92 Å². The van der Waals surface area contributed by atoms with Crippen LogP contribution >= 0.6 is 0 Å². The average molecular weight is 489 g/mol. The number of morpholine rings is 1. The molecule has 2 aliphatic heterocycles. The van der Waals surface area contributed by atoms with Crippen molar-refractivity contribution in [3.63, 3.8) is 0 Å². The fourth-order valence-electron chi connectivity index (χ4n) is 3.85. The third-order valence-electron chi connectivity index (χ3n) is 6.00. The molecule has 2 fully saturated rings. The minimum atomic E-state index is -3.69. The number of anilines is 1. The number of benzene rings is 1. The summed E-state index contributed by atoms with van der Waals surface area (Å²) in [6.45, 7) is 8.04. The molecular formula is C20H32N4O6S2. The Morgan fingerprint density at radius 3 is 2.25 bits per heavy atom. The first kappa shape index (κ1) is 25.1. The van der Waals surface area contributed by atoms with Crippen LogP contribution in [0.4, 0.5) is 5.69 Å². The van der Waals surface area contributed by atoms with Crippen molar-refractivity contribution in [1.82, 2.24) is 13.5 Å². The number of carbonyl (C=O) groups excluding carboxylic acids is 1. The number of sulfonamides is 2. The van der Waals surface area contributed by atoms with Gasteiger partial charge in [0.15, 0.2) is 0 Å². The zero-order valence-electron chi connectivity index (χ0n) is 18.8. The minimum Gasteiger partial charge on any atom is -0.379 e. The van der Waals surface area contributed by atoms with Crippen molar-refractivity contribution >= 4 is 31.6 Å². The van der Waals surface area contributed by atoms with Gasteiger partial charge in [0.1, 0.15) is 0 Å². The highest BCUT2D eigenvalue weighted by Gasteiger charge is 2.31. The number of nitrogens with one attached hydrogen (secondary N) is 1. The monoisotopic (exact) mass is 488 g/mol. The predicted molar refractivity (Wildman–Crippen MR) is 121 cm³/mol. The summed E-state index contributed by atoms with van der Waals surface area (Å²) in [5, 5.41) is 2.81. The molecule has 2 heterocycles. The maximum Gasteiger partial charge on any atom is 0.243 e. The first-order chi connectivity index (χ1) is 15.1. The third-order valence-corrected chi connectivity index (χ3v) is 9.92. The van der Waals surface area contributed by atoms with E-state index < -0.39 is 26.1 Å². The molecule has 10 nitrogen and oxygen atoms in total. The van der Waals surface area contributed by atoms with Gasteiger partial charge in [-0.1, -0.05) is 6.07 Å². The molecule has 0 saturated carbocycles. The minimum absolute atomic E-state index is 0.0617. The zero-order valence-corrected chi connectivity index (χ0v) is 20.4. The molecule has 0 spiro atoms. The fourth-order valence-corrected chi connectivity index (χ4v) is 6.59. The number of hydrogen-bond donors (Lipinski definition) is 1. The molecule has 12 heteroatoms. The molecule has 0 aromatic heterocycles. The molecule has 0 bridgehead atoms. The average Bonchev–Trinajstić information content (AvgIpc) is 2.80. The second-order valence-corrected chi connectivity index (χ2v) is 12.2. The van der Waals surface area contributed by atoms with E-state index in [0.29, 0.717) is 63.7 Å². The molecule has 1 amide bonds. The predicted octanol–water partition coefficient (Wildman–Crippen LogP) is 0.310. The van der Waals surface area contributed by atoms with Gasteiger partial charge in [-0.3, -0.25) is 9.69 Å². The normalized spacial score (nSPS) is 20.7. The number of nitrogens with zero attached hydrogens (tertiary/aromatic N) is 3. The molecule has 32 heavy (non-hydrogen) atoms. The van der Waals surface area contributed by atoms with E-state index >= 15 is 0 Å². The maximum absolute atomic E-state index is 13.1. The third kappa shape index (κ3) is 5.49. The molecular weight excluding hydrogens is 456 g/mol. The van der Waals surface area contributed by atoms with Crippen LogP contribution in [-0.4, -0.2) is 101 Å². The van der Waals surface area contributed by atoms with Crippen LogP contribution in [0.15, 0.2) is 23.1 Å². The lowest BCUT2D eigenvalue weighted by Crippen LogP contribution is -2.54. The number of hydrogen-bond acceptors (Lipinski definition) is 7. The second kappa shape index (κ2) is 10.1. The SMILES string of the molecule is CCS(=O)(=O)N1CCN(C(C)C(=O)Nc2ccc(C)c(S(=O)(=O)N3CCOCC3)c2)CC1. The Morgan fingerprint density at radius 1 is 1.03 bits per heavy atom. The first-order valence-corrected chi connectivity index (χ1v) is 13.8. The molecule has 2 aliphatic rings. The van der Waals surface area contributed by atoms with E-state index in [1.807, 2.05) is 4.90 Å². The topological polar surface area (TPSA) is 116 Å². The summed E-state index contributed by atoms with van der Waals surface area (Å²) in [6.07, 6.45) is 0. The molecule has 3 rings (SSSR count). The number of piperazine rings is 1. The van der Waals surface area contributed by atoms with Crippen molar-refractivity contribution < 1.29 is 26.4 Å². The van der Waals surface area contributed by atoms with Gasteiger partial charge in [0.05, 0.1) is 29.9 Å². The van der Waals surface area contributed by atoms with Crippen molar-refractivity contribution in [3.05, 3.63) is 23.8 Å². The van der Waals surface area contributed by atoms with E-state index in [2.05, 4.69) is 5.32 Å². The molecule has 1 atom stereocenters. The van der Waals surface area contributed by atoms with Crippen molar-refractivity contribution in [3.8, 4) is 0 Å². The van der Waals surface area contributed by atoms with Gasteiger partial charge in [-0.05, 0) is 38.5 Å². The van der Waals surface area contributed by atoms with Gasteiger partial charge in [-0.2, -0.15) is 8.61 Å². The second-order valence-electron chi connectivity index (χ2n) is 8.00. The summed E-state index contributed by atoms with van der Waals surface area (Å²) in [4.78, 5) is 14.9. The number of aryl methyl sites for hydroxylation is 1. The van der Waals surface area contributed by atoms with E-state index in [4.69, 9.17) is 4.74 Å². The molecule has 1 unspecified atom stereocenters. The molecule has 180 valence electrons. The highest BCUT2D eigenvalue weighted by atomic mass is 32.2. The Balaban J connectivity index is 1.67. The lowest BCUT2D eigenvalue weighted by Gasteiger charge is -2.36. The standard InChI is InChI=1S/C20H32N4O6S2/c1-4-31(26,27)23-9-7-22(8-10-23)17(3)20(25)21-18-6-5-16(2)19(15-18)32(28,29)24-11-13-30-14-12-24/h5-6,15,17H,4,7-14H2,1-3H3,(H,21,25). The maximum atomic E-state index is 13.1. The molecule has 0 radical (unpaired) electrons. The Hall–Kier alpha value is -1.57. The van der Waals surface area contributed by atoms with Gasteiger partial charge in [-0.15, -0.1) is 0 Å². The summed E-state index contributed by atoms with van der Waals surface area (Å²) >= 11 is 0. The highest BCUT2D eigenvalue weighted by molar-refractivity contribution is 7.89. The van der Waals surface area contributed by atoms with Crippen LogP contribution in [-0.2, 0) is 29.6 Å². The zero-order chi connectivity index (χ0) is 23.5. The van der Waals surface area contributed by atoms with Crippen LogP contribution in [0.1, 0.15) is 19.4 Å². The molecule has 2 saturated heterocycles. The fraction of sp³-hybridized carbons (Fsp3) is 0.650. The first-order valence-electron chi connectivity index (χ1n) is 10.8. The molecule has 1 N–H and O–H groups in total. The molecule has 1 aromatic carbocycles. The van der Waals surface area contributed by atoms with Gasteiger partial charge < -0.3 is 10.1 Å². The lowest BCUT2D eigenvalue weighted by molar-refractivity contribution is -0.121. The number of ether oxygens (including phenoxy) is 1. The quantitative estimate of drug-likeness (QED) is 0.587. The van der Waals surface area contributed by atoms with Crippen LogP contribution in [0.25, 0.3) is 0 Å². The van der Waals surface area contributed by atoms with Crippen molar-refractivity contribution in [2.45, 2.75) is 31.7 Å². The van der Waals surface area contributed by atoms with E-state index in [9.17, 15) is 21.6 Å². The summed E-state index contributed by atoms with van der Waals surface area (Å²) in [5.41, 5.74) is 1.02. The van der Waals surface area contributed by atoms with E-state index in [1.54, 1.807) is 32.9 Å². The van der Waals surface area contributed by atoms with Crippen LogP contribution < -0.4 is 5.32 Å². The summed E-state index contributed by atoms with van der Waals surface area (Å²) in [5.74, 6) is -0.207. The number of rotatable bonds is 7. The summed E-state index contributed by atoms with van der Waals surface area (Å²) in [7, 11) is -6.92. The van der Waals surface area contributed by atoms with E-state index in [0.717, 1.165) is 0 Å². The van der Waals surface area contributed by atoms with E-state index in [1.165, 1.54) is 14.7 Å². The summed E-state index contributed by atoms with van der Waals surface area (Å²) in [6, 6.07) is 4.38. The highest BCUT2D eigenvalue weighted by Crippen LogP contribution is 2.25. The van der Waals surface area contributed by atoms with Crippen molar-refractivity contribution in [2.24, 2.45) is 0 Å². The smallest absolute Gasteiger partial charge is 0.243 e. The van der Waals surface area contributed by atoms with Gasteiger partial charge >= 0.3 is 0 Å². The van der Waals surface area contributed by atoms with Gasteiger partial charge in [0.25, 0.3) is 0 Å². The van der Waals surface area contributed by atoms with Crippen LogP contribution in [0.2, 0.25) is 0 Å². The number of amides is 1. The van der Waals surface area contributed by atoms with E-state index in [-0.39, 0.29) is 16.6 Å². The number of carbonyl (C=O) groups is 1. The van der Waals surface area contributed by atoms with Gasteiger partial charge in [0, 0.05) is 45.0 Å².